The zero-order chi connectivity index (χ0) is 11.5. The molecule has 1 aromatic rings. The van der Waals surface area contributed by atoms with Crippen LogP contribution in [0.2, 0.25) is 0 Å². The molecule has 0 aliphatic heterocycles. The molecule has 1 rings (SSSR count). The summed E-state index contributed by atoms with van der Waals surface area (Å²) in [5.74, 6) is 0. The number of hydrogen-bond donors (Lipinski definition) is 0. The highest BCUT2D eigenvalue weighted by molar-refractivity contribution is 9.10. The van der Waals surface area contributed by atoms with Crippen molar-refractivity contribution in [3.8, 4) is 0 Å². The molecule has 0 heterocycles. The van der Waals surface area contributed by atoms with Crippen LogP contribution in [0.5, 0.6) is 0 Å². The second-order valence-corrected chi connectivity index (χ2v) is 5.56. The monoisotopic (exact) mass is 269 g/mol. The summed E-state index contributed by atoms with van der Waals surface area (Å²) < 4.78 is 1.14. The normalized spacial score (nSPS) is 12.1. The summed E-state index contributed by atoms with van der Waals surface area (Å²) >= 11 is 3.45. The Bertz CT molecular complexity index is 303. The lowest BCUT2D eigenvalue weighted by Crippen LogP contribution is -2.39. The molecule has 0 radical (unpaired) electrons. The minimum absolute atomic E-state index is 0.271. The number of hydrogen-bond acceptors (Lipinski definition) is 1. The topological polar surface area (TPSA) is 3.24 Å². The number of halogens is 1. The molecule has 0 fully saturated rings. The second kappa shape index (κ2) is 5.13. The zero-order valence-electron chi connectivity index (χ0n) is 10.0. The van der Waals surface area contributed by atoms with Gasteiger partial charge >= 0.3 is 0 Å². The van der Waals surface area contributed by atoms with E-state index < -0.39 is 0 Å². The van der Waals surface area contributed by atoms with Gasteiger partial charge in [0.15, 0.2) is 0 Å². The fourth-order valence-corrected chi connectivity index (χ4v) is 1.61. The van der Waals surface area contributed by atoms with Gasteiger partial charge in [-0.3, -0.25) is 4.90 Å². The Balaban J connectivity index is 2.66. The molecule has 0 saturated carbocycles. The molecule has 0 N–H and O–H groups in total. The van der Waals surface area contributed by atoms with Gasteiger partial charge in [0, 0.05) is 16.6 Å². The molecule has 0 saturated heterocycles. The highest BCUT2D eigenvalue weighted by atomic mass is 79.9. The van der Waals surface area contributed by atoms with Crippen LogP contribution in [0.1, 0.15) is 32.8 Å². The molecule has 0 aliphatic carbocycles. The predicted molar refractivity (Wildman–Crippen MR) is 70.0 cm³/mol. The molecule has 0 aliphatic rings. The molecule has 0 atom stereocenters. The Morgan fingerprint density at radius 3 is 2.20 bits per heavy atom. The highest BCUT2D eigenvalue weighted by Gasteiger charge is 2.20. The predicted octanol–water partition coefficient (Wildman–Crippen LogP) is 4.07. The Morgan fingerprint density at radius 2 is 1.73 bits per heavy atom. The smallest absolute Gasteiger partial charge is 0.0236 e. The van der Waals surface area contributed by atoms with Gasteiger partial charge in [0.25, 0.3) is 0 Å². The second-order valence-electron chi connectivity index (χ2n) is 4.65. The van der Waals surface area contributed by atoms with Gasteiger partial charge in [0.1, 0.15) is 0 Å². The Kier molecular flexibility index (Phi) is 4.35. The van der Waals surface area contributed by atoms with Gasteiger partial charge in [-0.1, -0.05) is 35.0 Å². The maximum atomic E-state index is 3.45. The van der Waals surface area contributed by atoms with E-state index >= 15 is 0 Å². The van der Waals surface area contributed by atoms with Gasteiger partial charge in [0.05, 0.1) is 0 Å². The third-order valence-electron chi connectivity index (χ3n) is 3.23. The van der Waals surface area contributed by atoms with E-state index in [9.17, 15) is 0 Å². The van der Waals surface area contributed by atoms with Gasteiger partial charge in [-0.2, -0.15) is 0 Å². The summed E-state index contributed by atoms with van der Waals surface area (Å²) in [6.45, 7) is 7.81. The molecule has 0 unspecified atom stereocenters. The molecular formula is C13H20BrN. The van der Waals surface area contributed by atoms with Gasteiger partial charge in [-0.15, -0.1) is 0 Å². The molecule has 0 spiro atoms. The van der Waals surface area contributed by atoms with E-state index in [4.69, 9.17) is 0 Å². The van der Waals surface area contributed by atoms with E-state index in [-0.39, 0.29) is 5.54 Å². The third kappa shape index (κ3) is 3.62. The Hall–Kier alpha value is -0.340. The van der Waals surface area contributed by atoms with Crippen molar-refractivity contribution in [1.29, 1.82) is 0 Å². The maximum absolute atomic E-state index is 3.45. The van der Waals surface area contributed by atoms with Crippen molar-refractivity contribution < 1.29 is 0 Å². The fourth-order valence-electron chi connectivity index (χ4n) is 1.35. The van der Waals surface area contributed by atoms with E-state index in [1.165, 1.54) is 12.0 Å². The van der Waals surface area contributed by atoms with Crippen molar-refractivity contribution in [1.82, 2.24) is 4.90 Å². The Labute approximate surface area is 102 Å². The zero-order valence-corrected chi connectivity index (χ0v) is 11.6. The number of benzene rings is 1. The van der Waals surface area contributed by atoms with E-state index in [0.717, 1.165) is 11.0 Å². The van der Waals surface area contributed by atoms with Crippen molar-refractivity contribution in [2.75, 3.05) is 7.05 Å². The summed E-state index contributed by atoms with van der Waals surface area (Å²) in [6, 6.07) is 8.54. The van der Waals surface area contributed by atoms with Crippen LogP contribution >= 0.6 is 15.9 Å². The molecule has 2 heteroatoms. The first-order valence-corrected chi connectivity index (χ1v) is 6.20. The minimum atomic E-state index is 0.271. The third-order valence-corrected chi connectivity index (χ3v) is 3.76. The summed E-state index contributed by atoms with van der Waals surface area (Å²) in [5, 5.41) is 0. The maximum Gasteiger partial charge on any atom is 0.0236 e. The van der Waals surface area contributed by atoms with Gasteiger partial charge in [-0.05, 0) is 45.0 Å². The lowest BCUT2D eigenvalue weighted by atomic mass is 9.99. The van der Waals surface area contributed by atoms with Crippen molar-refractivity contribution in [3.63, 3.8) is 0 Å². The first kappa shape index (κ1) is 12.7. The average Bonchev–Trinajstić information content (AvgIpc) is 2.21. The van der Waals surface area contributed by atoms with Crippen molar-refractivity contribution in [2.24, 2.45) is 0 Å². The Morgan fingerprint density at radius 1 is 1.20 bits per heavy atom. The van der Waals surface area contributed by atoms with Crippen LogP contribution in [-0.2, 0) is 6.54 Å². The van der Waals surface area contributed by atoms with Crippen LogP contribution in [0.15, 0.2) is 28.7 Å². The van der Waals surface area contributed by atoms with Crippen molar-refractivity contribution >= 4 is 15.9 Å². The molecule has 0 aromatic heterocycles. The van der Waals surface area contributed by atoms with Gasteiger partial charge < -0.3 is 0 Å². The van der Waals surface area contributed by atoms with E-state index in [2.05, 4.69) is 72.9 Å². The average molecular weight is 270 g/mol. The summed E-state index contributed by atoms with van der Waals surface area (Å²) in [6.07, 6.45) is 1.17. The van der Waals surface area contributed by atoms with Crippen LogP contribution < -0.4 is 0 Å². The molecule has 1 aromatic carbocycles. The first-order chi connectivity index (χ1) is 6.95. The molecule has 1 nitrogen and oxygen atoms in total. The summed E-state index contributed by atoms with van der Waals surface area (Å²) in [5.41, 5.74) is 1.63. The fraction of sp³-hybridized carbons (Fsp3) is 0.538. The van der Waals surface area contributed by atoms with Gasteiger partial charge in [-0.25, -0.2) is 0 Å². The largest absolute Gasteiger partial charge is 0.297 e. The van der Waals surface area contributed by atoms with Gasteiger partial charge in [0.2, 0.25) is 0 Å². The lowest BCUT2D eigenvalue weighted by molar-refractivity contribution is 0.143. The first-order valence-electron chi connectivity index (χ1n) is 5.41. The van der Waals surface area contributed by atoms with Crippen LogP contribution in [0, 0.1) is 0 Å². The van der Waals surface area contributed by atoms with Crippen molar-refractivity contribution in [3.05, 3.63) is 34.3 Å². The number of nitrogens with zero attached hydrogens (tertiary/aromatic N) is 1. The van der Waals surface area contributed by atoms with Crippen LogP contribution in [0.25, 0.3) is 0 Å². The standard InChI is InChI=1S/C13H20BrN/c1-5-13(2,3)15(4)10-11-6-8-12(14)9-7-11/h6-9H,5,10H2,1-4H3. The van der Waals surface area contributed by atoms with E-state index in [0.29, 0.717) is 0 Å². The molecular weight excluding hydrogens is 250 g/mol. The van der Waals surface area contributed by atoms with Crippen molar-refractivity contribution in [2.45, 2.75) is 39.3 Å². The van der Waals surface area contributed by atoms with Crippen LogP contribution in [0.3, 0.4) is 0 Å². The summed E-state index contributed by atoms with van der Waals surface area (Å²) in [7, 11) is 2.19. The minimum Gasteiger partial charge on any atom is -0.297 e. The van der Waals surface area contributed by atoms with Crippen LogP contribution in [0.4, 0.5) is 0 Å². The molecule has 15 heavy (non-hydrogen) atoms. The molecule has 0 amide bonds. The molecule has 0 bridgehead atoms. The lowest BCUT2D eigenvalue weighted by Gasteiger charge is -2.34. The van der Waals surface area contributed by atoms with Crippen LogP contribution in [-0.4, -0.2) is 17.5 Å². The quantitative estimate of drug-likeness (QED) is 0.797. The van der Waals surface area contributed by atoms with E-state index in [1.807, 2.05) is 0 Å². The van der Waals surface area contributed by atoms with E-state index in [1.54, 1.807) is 0 Å². The number of rotatable bonds is 4. The molecule has 84 valence electrons. The summed E-state index contributed by atoms with van der Waals surface area (Å²) in [4.78, 5) is 2.40. The highest BCUT2D eigenvalue weighted by Crippen LogP contribution is 2.20. The SMILES string of the molecule is CCC(C)(C)N(C)Cc1ccc(Br)cc1.